The summed E-state index contributed by atoms with van der Waals surface area (Å²) in [6.45, 7) is 5.68. The molecule has 73 heavy (non-hydrogen) atoms. The first-order chi connectivity index (χ1) is 32.9. The van der Waals surface area contributed by atoms with Crippen LogP contribution >= 0.6 is 0 Å². The molecule has 0 N–H and O–H groups in total. The van der Waals surface area contributed by atoms with Crippen molar-refractivity contribution in [2.45, 2.75) is 56.3 Å². The molecule has 1 fully saturated rings. The van der Waals surface area contributed by atoms with Crippen molar-refractivity contribution in [1.29, 1.82) is 0 Å². The molecular formula is C43H41N7Na2O16RuS4-2. The largest absolute Gasteiger partial charge is 1.00 e. The molecule has 0 atom stereocenters. The predicted octanol–water partition coefficient (Wildman–Crippen LogP) is -2.99. The molecule has 0 spiro atoms. The Kier molecular flexibility index (Phi) is 31.9. The van der Waals surface area contributed by atoms with Crippen molar-refractivity contribution in [3.05, 3.63) is 163 Å². The fraction of sp³-hybridized carbons (Fsp3) is 0.209. The molecule has 6 aromatic rings. The van der Waals surface area contributed by atoms with Crippen LogP contribution in [-0.4, -0.2) is 104 Å². The molecule has 0 unspecified atom stereocenters. The molecule has 6 aromatic heterocycles. The number of nitrogens with zero attached hydrogens (tertiary/aromatic N) is 7. The van der Waals surface area contributed by atoms with E-state index in [-0.39, 0.29) is 120 Å². The van der Waals surface area contributed by atoms with Gasteiger partial charge in [0.1, 0.15) is 0 Å². The number of hydrogen-bond acceptors (Lipinski definition) is 22. The van der Waals surface area contributed by atoms with E-state index in [1.54, 1.807) is 24.8 Å². The van der Waals surface area contributed by atoms with Crippen LogP contribution in [0, 0.1) is 13.8 Å². The smallest absolute Gasteiger partial charge is 0.748 e. The van der Waals surface area contributed by atoms with Gasteiger partial charge in [-0.15, -0.1) is 29.8 Å². The minimum Gasteiger partial charge on any atom is -0.748 e. The monoisotopic (exact) mass is 1190 g/mol. The molecule has 23 nitrogen and oxygen atoms in total. The summed E-state index contributed by atoms with van der Waals surface area (Å²) in [5, 5.41) is 0.580. The van der Waals surface area contributed by atoms with Gasteiger partial charge in [0.25, 0.3) is 11.8 Å². The maximum absolute atomic E-state index is 11.8. The van der Waals surface area contributed by atoms with Gasteiger partial charge in [0.2, 0.25) is 0 Å². The number of amides is 2. The van der Waals surface area contributed by atoms with Crippen LogP contribution in [0.3, 0.4) is 0 Å². The van der Waals surface area contributed by atoms with Crippen LogP contribution in [0.2, 0.25) is 0 Å². The molecule has 2 amide bonds. The number of rotatable bonds is 13. The van der Waals surface area contributed by atoms with Gasteiger partial charge in [0, 0.05) is 75.9 Å². The first-order valence-electron chi connectivity index (χ1n) is 19.9. The molecule has 0 aromatic carbocycles. The third-order valence-electron chi connectivity index (χ3n) is 8.49. The number of aromatic nitrogens is 6. The van der Waals surface area contributed by atoms with E-state index in [0.29, 0.717) is 23.5 Å². The van der Waals surface area contributed by atoms with Crippen LogP contribution in [0.5, 0.6) is 0 Å². The Bertz CT molecular complexity index is 3100. The first-order valence-corrected chi connectivity index (χ1v) is 25.6. The maximum atomic E-state index is 11.8. The summed E-state index contributed by atoms with van der Waals surface area (Å²) in [6.07, 6.45) is 13.9. The van der Waals surface area contributed by atoms with E-state index in [1.807, 2.05) is 43.3 Å². The van der Waals surface area contributed by atoms with Crippen LogP contribution in [-0.2, 0) is 103 Å². The van der Waals surface area contributed by atoms with E-state index in [0.717, 1.165) is 28.1 Å². The molecule has 1 aliphatic heterocycles. The van der Waals surface area contributed by atoms with Crippen LogP contribution in [0.15, 0.2) is 122 Å². The average Bonchev–Trinajstić information content (AvgIpc) is 3.58. The van der Waals surface area contributed by atoms with Gasteiger partial charge in [-0.2, -0.15) is 12.5 Å². The summed E-state index contributed by atoms with van der Waals surface area (Å²) in [5.74, 6) is -3.34. The van der Waals surface area contributed by atoms with Crippen LogP contribution in [0.4, 0.5) is 0 Å². The zero-order valence-corrected chi connectivity index (χ0v) is 48.1. The zero-order valence-electron chi connectivity index (χ0n) is 39.1. The molecule has 0 radical (unpaired) electrons. The summed E-state index contributed by atoms with van der Waals surface area (Å²) in [7, 11) is -16.1. The summed E-state index contributed by atoms with van der Waals surface area (Å²) in [5.41, 5.74) is 6.21. The average molecular weight is 1190 g/mol. The fourth-order valence-electron chi connectivity index (χ4n) is 5.57. The summed E-state index contributed by atoms with van der Waals surface area (Å²) >= 11 is 0. The molecule has 7 rings (SSSR count). The SMILES string of the molecule is Cc1ccnc(-c2cc(CCCC(=O)ON3C(=O)CCC3=O)ccn2)c1.O=S(=O)([O-])Cc1ccnc(-c2cc(CS(=O)(=O)[O-])ccn2)c1.O=S(=O)([O-])Cc1ccncc1.O=S(=O)=O.[CH2-]c1ccncc1.[Na+].[Na+].[Ru]. The van der Waals surface area contributed by atoms with Gasteiger partial charge >= 0.3 is 75.7 Å². The van der Waals surface area contributed by atoms with Gasteiger partial charge in [-0.1, -0.05) is 0 Å². The number of hydroxylamine groups is 2. The Morgan fingerprint density at radius 3 is 1.32 bits per heavy atom. The van der Waals surface area contributed by atoms with Gasteiger partial charge in [-0.3, -0.25) is 39.5 Å². The van der Waals surface area contributed by atoms with Gasteiger partial charge in [-0.05, 0) is 121 Å². The van der Waals surface area contributed by atoms with Crippen molar-refractivity contribution < 1.29 is 149 Å². The Morgan fingerprint density at radius 2 is 0.932 bits per heavy atom. The molecule has 0 aliphatic carbocycles. The minimum absolute atomic E-state index is 0. The number of aryl methyl sites for hydroxylation is 2. The first kappa shape index (κ1) is 68.4. The molecule has 0 saturated carbocycles. The van der Waals surface area contributed by atoms with Crippen molar-refractivity contribution in [2.75, 3.05) is 0 Å². The second-order valence-electron chi connectivity index (χ2n) is 14.3. The molecule has 7 heterocycles. The van der Waals surface area contributed by atoms with Gasteiger partial charge in [-0.25, -0.2) is 30.0 Å². The van der Waals surface area contributed by atoms with Gasteiger partial charge < -0.3 is 18.5 Å². The van der Waals surface area contributed by atoms with E-state index < -0.39 is 76.0 Å². The third kappa shape index (κ3) is 30.4. The predicted molar refractivity (Wildman–Crippen MR) is 243 cm³/mol. The molecular weight excluding hydrogens is 1150 g/mol. The quantitative estimate of drug-likeness (QED) is 0.0481. The minimum atomic E-state index is -4.43. The fourth-order valence-corrected chi connectivity index (χ4v) is 7.35. The van der Waals surface area contributed by atoms with Crippen molar-refractivity contribution in [3.8, 4) is 22.8 Å². The van der Waals surface area contributed by atoms with Gasteiger partial charge in [0.05, 0.1) is 70.4 Å². The van der Waals surface area contributed by atoms with Crippen molar-refractivity contribution >= 4 is 58.7 Å². The Balaban J connectivity index is 0.000000989. The second kappa shape index (κ2) is 34.0. The van der Waals surface area contributed by atoms with E-state index >= 15 is 0 Å². The Morgan fingerprint density at radius 1 is 0.589 bits per heavy atom. The normalized spacial score (nSPS) is 11.5. The third-order valence-corrected chi connectivity index (χ3v) is 10.5. The Labute approximate surface area is 480 Å². The molecule has 1 aliphatic rings. The molecule has 0 bridgehead atoms. The summed E-state index contributed by atoms with van der Waals surface area (Å²) in [4.78, 5) is 63.7. The van der Waals surface area contributed by atoms with Crippen LogP contribution < -0.4 is 59.1 Å². The number of pyridine rings is 6. The number of carbonyl (C=O) groups excluding carboxylic acids is 3. The van der Waals surface area contributed by atoms with Crippen molar-refractivity contribution in [3.63, 3.8) is 0 Å². The number of hydrogen-bond donors (Lipinski definition) is 0. The summed E-state index contributed by atoms with van der Waals surface area (Å²) in [6, 6.07) is 19.9. The maximum Gasteiger partial charge on any atom is 1.00 e. The van der Waals surface area contributed by atoms with E-state index in [1.165, 1.54) is 61.2 Å². The van der Waals surface area contributed by atoms with Crippen LogP contribution in [0.25, 0.3) is 22.8 Å². The van der Waals surface area contributed by atoms with E-state index in [9.17, 15) is 53.3 Å². The molecule has 380 valence electrons. The van der Waals surface area contributed by atoms with Crippen molar-refractivity contribution in [1.82, 2.24) is 35.0 Å². The Hall–Kier alpha value is -4.65. The molecule has 30 heteroatoms. The van der Waals surface area contributed by atoms with Gasteiger partial charge in [0.15, 0.2) is 0 Å². The summed E-state index contributed by atoms with van der Waals surface area (Å²) < 4.78 is 121. The molecule has 1 saturated heterocycles. The van der Waals surface area contributed by atoms with E-state index in [2.05, 4.69) is 36.8 Å². The van der Waals surface area contributed by atoms with Crippen LogP contribution in [0.1, 0.15) is 59.1 Å². The van der Waals surface area contributed by atoms with E-state index in [4.69, 9.17) is 17.5 Å². The topological polar surface area (TPSA) is 364 Å². The zero-order chi connectivity index (χ0) is 51.9. The standard InChI is InChI=1S/C19H19N3O4.C12H12N2O6S2.C6H7NO3S.C6H6N.2Na.O3S.Ru/c1-13-7-9-20-15(11-13)16-12-14(8-10-21-16)3-2-4-19(25)26-22-17(23)5-6-18(22)24;15-21(16,17)7-9-1-3-13-11(5-9)12-6-10(2-4-14-12)8-22(18,19)20;8-11(9,10)5-6-1-3-7-4-2-6;1-6-2-4-7-5-3-6;;;1-4(2)3;/h7-12H,2-6H2,1H3;1-6H,7-8H2,(H,15,16,17)(H,18,19,20);1-4H,5H2,(H,8,9,10);2-5H,1H2;;;;/q;;;-1;2*+1;;/p-3. The van der Waals surface area contributed by atoms with Crippen molar-refractivity contribution in [2.24, 2.45) is 0 Å². The number of imide groups is 1. The second-order valence-corrected chi connectivity index (χ2v) is 18.9. The number of carbonyl (C=O) groups is 3.